The Hall–Kier alpha value is -3.64. The first kappa shape index (κ1) is 20.6. The Morgan fingerprint density at radius 3 is 2.03 bits per heavy atom. The Bertz CT molecular complexity index is 1210. The Kier molecular flexibility index (Phi) is 5.73. The van der Waals surface area contributed by atoms with Crippen LogP contribution in [0.3, 0.4) is 0 Å². The highest BCUT2D eigenvalue weighted by Crippen LogP contribution is 2.38. The predicted molar refractivity (Wildman–Crippen MR) is 129 cm³/mol. The first-order chi connectivity index (χ1) is 15.0. The minimum absolute atomic E-state index is 0.348. The van der Waals surface area contributed by atoms with Gasteiger partial charge in [0.15, 0.2) is 5.69 Å². The first-order valence-electron chi connectivity index (χ1n) is 10.7. The lowest BCUT2D eigenvalue weighted by Crippen LogP contribution is -2.08. The van der Waals surface area contributed by atoms with Crippen LogP contribution in [0.5, 0.6) is 0 Å². The predicted octanol–water partition coefficient (Wildman–Crippen LogP) is 8.00. The lowest BCUT2D eigenvalue weighted by Gasteiger charge is -2.23. The van der Waals surface area contributed by atoms with Gasteiger partial charge in [-0.25, -0.2) is 9.83 Å². The van der Waals surface area contributed by atoms with Crippen molar-refractivity contribution in [2.24, 2.45) is 0 Å². The van der Waals surface area contributed by atoms with E-state index in [2.05, 4.69) is 84.6 Å². The smallest absolute Gasteiger partial charge is 0.187 e. The van der Waals surface area contributed by atoms with E-state index in [1.54, 1.807) is 0 Å². The van der Waals surface area contributed by atoms with Gasteiger partial charge >= 0.3 is 0 Å². The molecule has 3 nitrogen and oxygen atoms in total. The molecule has 0 unspecified atom stereocenters. The van der Waals surface area contributed by atoms with Crippen LogP contribution in [0.25, 0.3) is 33.0 Å². The van der Waals surface area contributed by atoms with Crippen LogP contribution in [0.15, 0.2) is 79.1 Å². The molecule has 154 valence electrons. The summed E-state index contributed by atoms with van der Waals surface area (Å²) in [6.45, 7) is 16.3. The Labute approximate surface area is 184 Å². The second-order valence-electron chi connectivity index (χ2n) is 8.46. The summed E-state index contributed by atoms with van der Waals surface area (Å²) in [6.07, 6.45) is 3.88. The van der Waals surface area contributed by atoms with Crippen molar-refractivity contribution in [3.05, 3.63) is 102 Å². The van der Waals surface area contributed by atoms with E-state index in [4.69, 9.17) is 6.57 Å². The van der Waals surface area contributed by atoms with Crippen molar-refractivity contribution in [1.82, 2.24) is 9.55 Å². The largest absolute Gasteiger partial charge is 0.299 e. The molecule has 0 atom stereocenters. The summed E-state index contributed by atoms with van der Waals surface area (Å²) >= 11 is 0. The van der Waals surface area contributed by atoms with Gasteiger partial charge < -0.3 is 0 Å². The van der Waals surface area contributed by atoms with Crippen LogP contribution >= 0.6 is 0 Å². The molecule has 1 aromatic heterocycles. The van der Waals surface area contributed by atoms with E-state index in [-0.39, 0.29) is 0 Å². The van der Waals surface area contributed by atoms with E-state index in [0.29, 0.717) is 17.5 Å². The maximum atomic E-state index is 7.37. The Morgan fingerprint density at radius 1 is 0.774 bits per heavy atom. The van der Waals surface area contributed by atoms with Gasteiger partial charge in [0.1, 0.15) is 5.82 Å². The van der Waals surface area contributed by atoms with Crippen molar-refractivity contribution in [3.63, 3.8) is 0 Å². The standard InChI is InChI=1S/C28H27N3/c1-19(2)25-17-23(21-10-7-6-8-11-21)18-26(20(3)4)27(25)31-15-14-30-28(31)22-12-9-13-24(16-22)29-5/h6-20H,1-4H3. The third-order valence-corrected chi connectivity index (χ3v) is 5.64. The van der Waals surface area contributed by atoms with Crippen LogP contribution < -0.4 is 0 Å². The molecule has 0 saturated carbocycles. The molecule has 0 aliphatic heterocycles. The number of nitrogens with zero attached hydrogens (tertiary/aromatic N) is 3. The summed E-state index contributed by atoms with van der Waals surface area (Å²) in [5, 5.41) is 0. The minimum atomic E-state index is 0.348. The van der Waals surface area contributed by atoms with E-state index in [1.165, 1.54) is 27.9 Å². The van der Waals surface area contributed by atoms with Crippen molar-refractivity contribution in [2.45, 2.75) is 39.5 Å². The Balaban J connectivity index is 1.98. The molecule has 31 heavy (non-hydrogen) atoms. The topological polar surface area (TPSA) is 22.2 Å². The summed E-state index contributed by atoms with van der Waals surface area (Å²) in [7, 11) is 0. The van der Waals surface area contributed by atoms with Gasteiger partial charge in [-0.05, 0) is 52.3 Å². The van der Waals surface area contributed by atoms with Crippen molar-refractivity contribution in [2.75, 3.05) is 0 Å². The van der Waals surface area contributed by atoms with Crippen LogP contribution in [0.1, 0.15) is 50.7 Å². The number of rotatable bonds is 5. The fraction of sp³-hybridized carbons (Fsp3) is 0.214. The SMILES string of the molecule is [C-]#[N+]c1cccc(-c2nccn2-c2c(C(C)C)cc(-c3ccccc3)cc2C(C)C)c1. The zero-order valence-corrected chi connectivity index (χ0v) is 18.5. The average Bonchev–Trinajstić information content (AvgIpc) is 3.28. The van der Waals surface area contributed by atoms with Gasteiger partial charge in [0.2, 0.25) is 0 Å². The summed E-state index contributed by atoms with van der Waals surface area (Å²) in [6, 6.07) is 22.9. The molecule has 0 aliphatic carbocycles. The summed E-state index contributed by atoms with van der Waals surface area (Å²) in [5.74, 6) is 1.56. The zero-order chi connectivity index (χ0) is 22.0. The quantitative estimate of drug-likeness (QED) is 0.308. The first-order valence-corrected chi connectivity index (χ1v) is 10.7. The molecule has 3 aromatic carbocycles. The van der Waals surface area contributed by atoms with E-state index in [9.17, 15) is 0 Å². The van der Waals surface area contributed by atoms with Crippen molar-refractivity contribution < 1.29 is 0 Å². The highest BCUT2D eigenvalue weighted by molar-refractivity contribution is 5.72. The lowest BCUT2D eigenvalue weighted by molar-refractivity contribution is 0.807. The molecule has 0 aliphatic rings. The van der Waals surface area contributed by atoms with E-state index >= 15 is 0 Å². The molecule has 0 radical (unpaired) electrons. The molecule has 1 heterocycles. The average molecular weight is 406 g/mol. The molecule has 4 aromatic rings. The molecule has 0 fully saturated rings. The third-order valence-electron chi connectivity index (χ3n) is 5.64. The number of benzene rings is 3. The maximum absolute atomic E-state index is 7.37. The molecule has 3 heteroatoms. The van der Waals surface area contributed by atoms with Crippen molar-refractivity contribution in [3.8, 4) is 28.2 Å². The summed E-state index contributed by atoms with van der Waals surface area (Å²) in [5.41, 5.74) is 7.85. The summed E-state index contributed by atoms with van der Waals surface area (Å²) in [4.78, 5) is 8.27. The Morgan fingerprint density at radius 2 is 1.42 bits per heavy atom. The zero-order valence-electron chi connectivity index (χ0n) is 18.5. The molecule has 0 spiro atoms. The molecule has 4 rings (SSSR count). The highest BCUT2D eigenvalue weighted by atomic mass is 15.1. The maximum Gasteiger partial charge on any atom is 0.187 e. The van der Waals surface area contributed by atoms with Gasteiger partial charge in [-0.15, -0.1) is 0 Å². The molecule has 0 bridgehead atoms. The lowest BCUT2D eigenvalue weighted by atomic mass is 9.88. The van der Waals surface area contributed by atoms with Gasteiger partial charge in [-0.1, -0.05) is 76.2 Å². The molecule has 0 N–H and O–H groups in total. The molecular weight excluding hydrogens is 378 g/mol. The summed E-state index contributed by atoms with van der Waals surface area (Å²) < 4.78 is 2.20. The van der Waals surface area contributed by atoms with Gasteiger partial charge in [0.25, 0.3) is 0 Å². The number of imidazole rings is 1. The van der Waals surface area contributed by atoms with Crippen LogP contribution in [0.2, 0.25) is 0 Å². The number of hydrogen-bond acceptors (Lipinski definition) is 1. The van der Waals surface area contributed by atoms with Crippen LogP contribution in [-0.4, -0.2) is 9.55 Å². The van der Waals surface area contributed by atoms with Crippen molar-refractivity contribution in [1.29, 1.82) is 0 Å². The molecular formula is C28H27N3. The highest BCUT2D eigenvalue weighted by Gasteiger charge is 2.20. The van der Waals surface area contributed by atoms with Gasteiger partial charge in [-0.3, -0.25) is 4.57 Å². The number of aromatic nitrogens is 2. The fourth-order valence-electron chi connectivity index (χ4n) is 4.05. The van der Waals surface area contributed by atoms with Crippen LogP contribution in [0.4, 0.5) is 5.69 Å². The van der Waals surface area contributed by atoms with Gasteiger partial charge in [-0.2, -0.15) is 0 Å². The third kappa shape index (κ3) is 4.02. The minimum Gasteiger partial charge on any atom is -0.299 e. The monoisotopic (exact) mass is 405 g/mol. The fourth-order valence-corrected chi connectivity index (χ4v) is 4.05. The molecule has 0 amide bonds. The normalized spacial score (nSPS) is 11.1. The van der Waals surface area contributed by atoms with Gasteiger partial charge in [0, 0.05) is 18.0 Å². The number of hydrogen-bond donors (Lipinski definition) is 0. The van der Waals surface area contributed by atoms with Crippen LogP contribution in [-0.2, 0) is 0 Å². The van der Waals surface area contributed by atoms with E-state index in [0.717, 1.165) is 11.4 Å². The van der Waals surface area contributed by atoms with E-state index in [1.807, 2.05) is 36.7 Å². The second-order valence-corrected chi connectivity index (χ2v) is 8.46. The van der Waals surface area contributed by atoms with Gasteiger partial charge in [0.05, 0.1) is 12.3 Å². The second kappa shape index (κ2) is 8.62. The van der Waals surface area contributed by atoms with Crippen molar-refractivity contribution >= 4 is 5.69 Å². The van der Waals surface area contributed by atoms with Crippen LogP contribution in [0, 0.1) is 6.57 Å². The van der Waals surface area contributed by atoms with E-state index < -0.39 is 0 Å². The molecule has 0 saturated heterocycles.